The first-order valence-corrected chi connectivity index (χ1v) is 13.5. The zero-order valence-electron chi connectivity index (χ0n) is 22.7. The first-order valence-electron chi connectivity index (χ1n) is 12.4. The highest BCUT2D eigenvalue weighted by atomic mass is 32.2. The molecule has 0 aromatic heterocycles. The van der Waals surface area contributed by atoms with Gasteiger partial charge in [-0.05, 0) is 79.4 Å². The Bertz CT molecular complexity index is 1140. The van der Waals surface area contributed by atoms with E-state index in [4.69, 9.17) is 32.3 Å². The highest BCUT2D eigenvalue weighted by Crippen LogP contribution is 2.42. The predicted molar refractivity (Wildman–Crippen MR) is 143 cm³/mol. The van der Waals surface area contributed by atoms with E-state index >= 15 is 0 Å². The Kier molecular flexibility index (Phi) is 10.8. The van der Waals surface area contributed by atoms with Crippen molar-refractivity contribution in [3.05, 3.63) is 46.5 Å². The van der Waals surface area contributed by atoms with E-state index in [2.05, 4.69) is 24.1 Å². The van der Waals surface area contributed by atoms with E-state index in [1.54, 1.807) is 28.4 Å². The third kappa shape index (κ3) is 7.37. The van der Waals surface area contributed by atoms with Crippen LogP contribution in [0.25, 0.3) is 0 Å². The summed E-state index contributed by atoms with van der Waals surface area (Å²) in [5.74, 6) is 3.69. The maximum absolute atomic E-state index is 12.9. The molecule has 1 N–H and O–H groups in total. The van der Waals surface area contributed by atoms with Gasteiger partial charge in [-0.2, -0.15) is 0 Å². The number of benzene rings is 2. The molecule has 1 aliphatic carbocycles. The van der Waals surface area contributed by atoms with E-state index in [0.29, 0.717) is 18.1 Å². The van der Waals surface area contributed by atoms with Crippen molar-refractivity contribution < 1.29 is 37.1 Å². The number of fused-ring (bicyclic) bond motifs is 2. The lowest BCUT2D eigenvalue weighted by molar-refractivity contribution is -0.130. The Labute approximate surface area is 226 Å². The van der Waals surface area contributed by atoms with Crippen molar-refractivity contribution in [2.24, 2.45) is 0 Å². The second-order valence-electron chi connectivity index (χ2n) is 9.42. The van der Waals surface area contributed by atoms with Gasteiger partial charge < -0.3 is 37.9 Å². The molecule has 0 saturated heterocycles. The molecule has 1 heterocycles. The van der Waals surface area contributed by atoms with Crippen molar-refractivity contribution in [2.45, 2.75) is 31.6 Å². The van der Waals surface area contributed by atoms with E-state index in [9.17, 15) is 4.79 Å². The molecule has 11 heteroatoms. The first-order chi connectivity index (χ1) is 18.2. The molecule has 1 amide bonds. The summed E-state index contributed by atoms with van der Waals surface area (Å²) >= 11 is -2.86. The molecule has 2 atom stereocenters. The van der Waals surface area contributed by atoms with Crippen LogP contribution in [-0.4, -0.2) is 90.7 Å². The second kappa shape index (κ2) is 13.8. The molecular weight excluding hydrogens is 512 g/mol. The molecule has 2 aromatic carbocycles. The van der Waals surface area contributed by atoms with Crippen LogP contribution in [0.3, 0.4) is 0 Å². The van der Waals surface area contributed by atoms with E-state index in [-0.39, 0.29) is 5.91 Å². The summed E-state index contributed by atoms with van der Waals surface area (Å²) in [6.07, 6.45) is 3.27. The van der Waals surface area contributed by atoms with Crippen molar-refractivity contribution in [3.63, 3.8) is 0 Å². The van der Waals surface area contributed by atoms with E-state index < -0.39 is 11.4 Å². The lowest BCUT2D eigenvalue weighted by Crippen LogP contribution is -2.36. The number of hydrogen-bond acceptors (Lipinski definition) is 8. The van der Waals surface area contributed by atoms with Crippen molar-refractivity contribution in [1.82, 2.24) is 9.80 Å². The average Bonchev–Trinajstić information content (AvgIpc) is 3.03. The Hall–Kier alpha value is -2.86. The number of rotatable bonds is 10. The number of carbonyl (C=O) groups excluding carboxylic acids is 1. The summed E-state index contributed by atoms with van der Waals surface area (Å²) in [4.78, 5) is 17.3. The molecule has 0 saturated carbocycles. The molecule has 4 rings (SSSR count). The Morgan fingerprint density at radius 2 is 1.50 bits per heavy atom. The summed E-state index contributed by atoms with van der Waals surface area (Å²) in [6.45, 7) is 3.47. The van der Waals surface area contributed by atoms with Gasteiger partial charge in [-0.15, -0.1) is 0 Å². The van der Waals surface area contributed by atoms with Crippen molar-refractivity contribution in [2.75, 3.05) is 61.7 Å². The molecule has 1 unspecified atom stereocenters. The van der Waals surface area contributed by atoms with Crippen LogP contribution < -0.4 is 18.9 Å². The van der Waals surface area contributed by atoms with Crippen molar-refractivity contribution in [1.29, 1.82) is 0 Å². The van der Waals surface area contributed by atoms with Crippen molar-refractivity contribution in [3.8, 4) is 23.0 Å². The van der Waals surface area contributed by atoms with Crippen LogP contribution in [0.2, 0.25) is 0 Å². The standard InChI is InChI=1S/C27H36N2O5.H2O3S/c1-28(17-21-11-20-14-25(33-4)26(34-5)16-22(20)21)8-6-9-29-10-7-18-12-23(31-2)24(32-3)13-19(18)15-27(29)30;1-4(2)3/h12-14,16,21H,6-11,15,17H2,1-5H3;(H2,1,2,3)/p-1/t21-;/m1./s1. The average molecular weight is 550 g/mol. The highest BCUT2D eigenvalue weighted by Gasteiger charge is 2.29. The molecule has 38 heavy (non-hydrogen) atoms. The first kappa shape index (κ1) is 29.7. The number of nitrogens with zero attached hydrogens (tertiary/aromatic N) is 2. The minimum Gasteiger partial charge on any atom is -0.750 e. The molecule has 0 radical (unpaired) electrons. The largest absolute Gasteiger partial charge is 0.750 e. The van der Waals surface area contributed by atoms with Gasteiger partial charge in [0.25, 0.3) is 0 Å². The van der Waals surface area contributed by atoms with Crippen LogP contribution >= 0.6 is 0 Å². The maximum Gasteiger partial charge on any atom is 0.227 e. The monoisotopic (exact) mass is 549 g/mol. The molecule has 10 nitrogen and oxygen atoms in total. The van der Waals surface area contributed by atoms with Gasteiger partial charge in [0.15, 0.2) is 23.0 Å². The number of carbonyl (C=O) groups is 1. The molecule has 0 spiro atoms. The zero-order valence-corrected chi connectivity index (χ0v) is 23.5. The fraction of sp³-hybridized carbons (Fsp3) is 0.519. The van der Waals surface area contributed by atoms with E-state index in [0.717, 1.165) is 68.3 Å². The normalized spacial score (nSPS) is 16.8. The van der Waals surface area contributed by atoms with E-state index in [1.807, 2.05) is 17.0 Å². The van der Waals surface area contributed by atoms with Gasteiger partial charge in [0.05, 0.1) is 46.2 Å². The van der Waals surface area contributed by atoms with Crippen LogP contribution in [-0.2, 0) is 35.4 Å². The quantitative estimate of drug-likeness (QED) is 0.446. The van der Waals surface area contributed by atoms with E-state index in [1.165, 1.54) is 16.7 Å². The van der Waals surface area contributed by atoms with Gasteiger partial charge in [0.1, 0.15) is 0 Å². The lowest BCUT2D eigenvalue weighted by Gasteiger charge is -2.34. The number of methoxy groups -OCH3 is 4. The minimum absolute atomic E-state index is 0.183. The Morgan fingerprint density at radius 3 is 2.08 bits per heavy atom. The van der Waals surface area contributed by atoms with Crippen LogP contribution in [0.15, 0.2) is 24.3 Å². The fourth-order valence-electron chi connectivity index (χ4n) is 5.15. The predicted octanol–water partition coefficient (Wildman–Crippen LogP) is 2.65. The molecule has 2 aliphatic rings. The van der Waals surface area contributed by atoms with Crippen LogP contribution in [0, 0.1) is 0 Å². The molecule has 1 aliphatic heterocycles. The summed E-state index contributed by atoms with van der Waals surface area (Å²) in [5.41, 5.74) is 4.91. The van der Waals surface area contributed by atoms with Gasteiger partial charge in [-0.3, -0.25) is 4.79 Å². The molecule has 0 bridgehead atoms. The van der Waals surface area contributed by atoms with Gasteiger partial charge in [-0.25, -0.2) is 4.21 Å². The zero-order chi connectivity index (χ0) is 27.8. The summed E-state index contributed by atoms with van der Waals surface area (Å²) < 4.78 is 45.8. The molecule has 2 aromatic rings. The Balaban J connectivity index is 0.000000934. The summed E-state index contributed by atoms with van der Waals surface area (Å²) in [6, 6.07) is 8.18. The highest BCUT2D eigenvalue weighted by molar-refractivity contribution is 7.73. The number of ether oxygens (including phenoxy) is 4. The number of amides is 1. The second-order valence-corrected chi connectivity index (χ2v) is 9.86. The third-order valence-electron chi connectivity index (χ3n) is 7.10. The maximum atomic E-state index is 12.9. The lowest BCUT2D eigenvalue weighted by atomic mass is 9.77. The summed E-state index contributed by atoms with van der Waals surface area (Å²) in [7, 11) is 8.79. The van der Waals surface area contributed by atoms with Gasteiger partial charge >= 0.3 is 0 Å². The van der Waals surface area contributed by atoms with Gasteiger partial charge in [-0.1, -0.05) is 0 Å². The Morgan fingerprint density at radius 1 is 0.974 bits per heavy atom. The molecule has 210 valence electrons. The minimum atomic E-state index is -2.86. The van der Waals surface area contributed by atoms with Gasteiger partial charge in [0.2, 0.25) is 5.91 Å². The number of likely N-dealkylation sites (N-methyl/N-ethyl adjacent to an activating group) is 1. The topological polar surface area (TPSA) is 121 Å². The van der Waals surface area contributed by atoms with Crippen LogP contribution in [0.4, 0.5) is 0 Å². The summed E-state index contributed by atoms with van der Waals surface area (Å²) in [5, 5.41) is 0. The fourth-order valence-corrected chi connectivity index (χ4v) is 5.15. The third-order valence-corrected chi connectivity index (χ3v) is 7.10. The smallest absolute Gasteiger partial charge is 0.227 e. The van der Waals surface area contributed by atoms with Gasteiger partial charge in [0, 0.05) is 25.6 Å². The SMILES string of the molecule is COc1cc2c(cc1OC)CC(=O)N(CCCN(C)C[C@H]1Cc3cc(OC)c(OC)cc31)CC2.O=S([O-])O. The molecule has 0 fully saturated rings. The van der Waals surface area contributed by atoms with Crippen LogP contribution in [0.1, 0.15) is 34.6 Å². The number of hydrogen-bond donors (Lipinski definition) is 1. The van der Waals surface area contributed by atoms with Crippen LogP contribution in [0.5, 0.6) is 23.0 Å². The molecular formula is C27H37N2O8S-. The van der Waals surface area contributed by atoms with Crippen molar-refractivity contribution >= 4 is 17.3 Å².